The highest BCUT2D eigenvalue weighted by Crippen LogP contribution is 2.34. The van der Waals surface area contributed by atoms with Gasteiger partial charge in [0.05, 0.1) is 12.1 Å². The lowest BCUT2D eigenvalue weighted by Gasteiger charge is -2.37. The summed E-state index contributed by atoms with van der Waals surface area (Å²) in [5.74, 6) is 7.35. The average molecular weight is 242 g/mol. The maximum atomic E-state index is 5.82. The molecule has 3 heteroatoms. The van der Waals surface area contributed by atoms with E-state index >= 15 is 0 Å². The van der Waals surface area contributed by atoms with E-state index in [9.17, 15) is 0 Å². The van der Waals surface area contributed by atoms with Crippen molar-refractivity contribution >= 4 is 0 Å². The molecule has 1 aliphatic carbocycles. The number of nitrogens with two attached hydrogens (primary N) is 1. The van der Waals surface area contributed by atoms with E-state index in [1.807, 2.05) is 0 Å². The Morgan fingerprint density at radius 2 is 2.06 bits per heavy atom. The molecule has 0 aromatic carbocycles. The van der Waals surface area contributed by atoms with Crippen LogP contribution >= 0.6 is 0 Å². The van der Waals surface area contributed by atoms with Crippen LogP contribution in [0.5, 0.6) is 0 Å². The highest BCUT2D eigenvalue weighted by atomic mass is 16.5. The van der Waals surface area contributed by atoms with Crippen molar-refractivity contribution in [1.29, 1.82) is 0 Å². The van der Waals surface area contributed by atoms with E-state index in [1.54, 1.807) is 0 Å². The molecule has 1 saturated carbocycles. The third kappa shape index (κ3) is 4.23. The predicted octanol–water partition coefficient (Wildman–Crippen LogP) is 2.85. The van der Waals surface area contributed by atoms with Gasteiger partial charge in [-0.1, -0.05) is 33.1 Å². The lowest BCUT2D eigenvalue weighted by molar-refractivity contribution is 0.00508. The van der Waals surface area contributed by atoms with Crippen LogP contribution in [-0.2, 0) is 4.74 Å². The highest BCUT2D eigenvalue weighted by Gasteiger charge is 2.31. The Morgan fingerprint density at radius 1 is 1.29 bits per heavy atom. The lowest BCUT2D eigenvalue weighted by Crippen LogP contribution is -2.50. The highest BCUT2D eigenvalue weighted by molar-refractivity contribution is 4.86. The Balaban J connectivity index is 2.58. The summed E-state index contributed by atoms with van der Waals surface area (Å²) in [6.07, 6.45) is 7.98. The molecular weight excluding hydrogens is 212 g/mol. The van der Waals surface area contributed by atoms with Gasteiger partial charge in [0.15, 0.2) is 0 Å². The van der Waals surface area contributed by atoms with Gasteiger partial charge in [-0.05, 0) is 38.0 Å². The van der Waals surface area contributed by atoms with Crippen molar-refractivity contribution in [3.8, 4) is 0 Å². The Bertz CT molecular complexity index is 199. The van der Waals surface area contributed by atoms with Crippen LogP contribution in [0.3, 0.4) is 0 Å². The average Bonchev–Trinajstić information content (AvgIpc) is 2.38. The van der Waals surface area contributed by atoms with E-state index in [1.165, 1.54) is 32.1 Å². The van der Waals surface area contributed by atoms with Crippen molar-refractivity contribution in [1.82, 2.24) is 5.43 Å². The molecule has 1 rings (SSSR count). The Kier molecular flexibility index (Phi) is 7.09. The van der Waals surface area contributed by atoms with Crippen LogP contribution in [0.1, 0.15) is 59.3 Å². The van der Waals surface area contributed by atoms with Crippen LogP contribution in [0.4, 0.5) is 0 Å². The number of hydrogen-bond donors (Lipinski definition) is 2. The molecule has 17 heavy (non-hydrogen) atoms. The van der Waals surface area contributed by atoms with Crippen LogP contribution in [0.15, 0.2) is 0 Å². The first kappa shape index (κ1) is 14.9. The van der Waals surface area contributed by atoms with Gasteiger partial charge in [0.1, 0.15) is 0 Å². The van der Waals surface area contributed by atoms with Crippen molar-refractivity contribution in [2.45, 2.75) is 71.4 Å². The minimum absolute atomic E-state index is 0.269. The summed E-state index contributed by atoms with van der Waals surface area (Å²) >= 11 is 0. The van der Waals surface area contributed by atoms with E-state index in [0.29, 0.717) is 12.0 Å². The number of ether oxygens (including phenoxy) is 1. The maximum absolute atomic E-state index is 5.82. The fourth-order valence-corrected chi connectivity index (χ4v) is 3.27. The molecule has 0 amide bonds. The second-order valence-electron chi connectivity index (χ2n) is 5.30. The quantitative estimate of drug-likeness (QED) is 0.533. The minimum atomic E-state index is 0.269. The molecule has 3 N–H and O–H groups in total. The third-order valence-electron chi connectivity index (χ3n) is 4.28. The fourth-order valence-electron chi connectivity index (χ4n) is 3.27. The molecule has 1 fully saturated rings. The molecule has 0 aromatic rings. The molecule has 0 saturated heterocycles. The zero-order chi connectivity index (χ0) is 12.7. The van der Waals surface area contributed by atoms with E-state index in [4.69, 9.17) is 10.6 Å². The van der Waals surface area contributed by atoms with E-state index in [-0.39, 0.29) is 6.10 Å². The Morgan fingerprint density at radius 3 is 2.59 bits per heavy atom. The molecule has 0 aliphatic heterocycles. The number of nitrogens with one attached hydrogen (secondary N) is 1. The van der Waals surface area contributed by atoms with Crippen molar-refractivity contribution in [3.63, 3.8) is 0 Å². The molecule has 4 unspecified atom stereocenters. The summed E-state index contributed by atoms with van der Waals surface area (Å²) in [5.41, 5.74) is 3.03. The molecule has 3 nitrogen and oxygen atoms in total. The van der Waals surface area contributed by atoms with Gasteiger partial charge in [-0.3, -0.25) is 11.3 Å². The zero-order valence-electron chi connectivity index (χ0n) is 11.7. The SMILES string of the molecule is CCOC(CC)C(NN)C1CCCC(CC)C1. The Labute approximate surface area is 106 Å². The van der Waals surface area contributed by atoms with Gasteiger partial charge in [0.2, 0.25) is 0 Å². The maximum Gasteiger partial charge on any atom is 0.0741 e. The summed E-state index contributed by atoms with van der Waals surface area (Å²) in [6.45, 7) is 7.33. The van der Waals surface area contributed by atoms with Gasteiger partial charge in [0.25, 0.3) is 0 Å². The molecule has 0 spiro atoms. The zero-order valence-corrected chi connectivity index (χ0v) is 11.7. The second kappa shape index (κ2) is 8.06. The first-order valence-corrected chi connectivity index (χ1v) is 7.34. The fraction of sp³-hybridized carbons (Fsp3) is 1.00. The molecular formula is C14H30N2O. The largest absolute Gasteiger partial charge is 0.377 e. The van der Waals surface area contributed by atoms with Gasteiger partial charge in [-0.15, -0.1) is 0 Å². The van der Waals surface area contributed by atoms with Gasteiger partial charge >= 0.3 is 0 Å². The summed E-state index contributed by atoms with van der Waals surface area (Å²) < 4.78 is 5.82. The standard InChI is InChI=1S/C14H30N2O/c1-4-11-8-7-9-12(10-11)14(16-15)13(5-2)17-6-3/h11-14,16H,4-10,15H2,1-3H3. The third-order valence-corrected chi connectivity index (χ3v) is 4.28. The molecule has 0 bridgehead atoms. The summed E-state index contributed by atoms with van der Waals surface area (Å²) in [4.78, 5) is 0. The molecule has 1 aliphatic rings. The van der Waals surface area contributed by atoms with Gasteiger partial charge in [-0.25, -0.2) is 0 Å². The van der Waals surface area contributed by atoms with Crippen LogP contribution in [-0.4, -0.2) is 18.8 Å². The van der Waals surface area contributed by atoms with Gasteiger partial charge < -0.3 is 4.74 Å². The van der Waals surface area contributed by atoms with Gasteiger partial charge in [-0.2, -0.15) is 0 Å². The number of rotatable bonds is 7. The van der Waals surface area contributed by atoms with Crippen molar-refractivity contribution in [2.24, 2.45) is 17.7 Å². The number of hydrogen-bond acceptors (Lipinski definition) is 3. The second-order valence-corrected chi connectivity index (χ2v) is 5.30. The molecule has 4 atom stereocenters. The van der Waals surface area contributed by atoms with E-state index in [0.717, 1.165) is 18.9 Å². The first-order chi connectivity index (χ1) is 8.26. The van der Waals surface area contributed by atoms with Gasteiger partial charge in [0, 0.05) is 6.61 Å². The number of hydrazine groups is 1. The van der Waals surface area contributed by atoms with Crippen LogP contribution in [0, 0.1) is 11.8 Å². The molecule has 102 valence electrons. The van der Waals surface area contributed by atoms with Crippen molar-refractivity contribution in [2.75, 3.05) is 6.61 Å². The molecule has 0 aromatic heterocycles. The minimum Gasteiger partial charge on any atom is -0.377 e. The summed E-state index contributed by atoms with van der Waals surface area (Å²) in [6, 6.07) is 0.328. The topological polar surface area (TPSA) is 47.3 Å². The molecule has 0 heterocycles. The van der Waals surface area contributed by atoms with Crippen molar-refractivity contribution in [3.05, 3.63) is 0 Å². The predicted molar refractivity (Wildman–Crippen MR) is 72.6 cm³/mol. The lowest BCUT2D eigenvalue weighted by atomic mass is 9.75. The van der Waals surface area contributed by atoms with Crippen molar-refractivity contribution < 1.29 is 4.74 Å². The Hall–Kier alpha value is -0.120. The first-order valence-electron chi connectivity index (χ1n) is 7.34. The van der Waals surface area contributed by atoms with Crippen LogP contribution in [0.2, 0.25) is 0 Å². The van der Waals surface area contributed by atoms with E-state index in [2.05, 4.69) is 26.2 Å². The monoisotopic (exact) mass is 242 g/mol. The van der Waals surface area contributed by atoms with Crippen LogP contribution < -0.4 is 11.3 Å². The summed E-state index contributed by atoms with van der Waals surface area (Å²) in [7, 11) is 0. The summed E-state index contributed by atoms with van der Waals surface area (Å²) in [5, 5.41) is 0. The van der Waals surface area contributed by atoms with E-state index < -0.39 is 0 Å². The molecule has 0 radical (unpaired) electrons. The normalized spacial score (nSPS) is 28.9. The smallest absolute Gasteiger partial charge is 0.0741 e. The van der Waals surface area contributed by atoms with Crippen LogP contribution in [0.25, 0.3) is 0 Å².